The van der Waals surface area contributed by atoms with Crippen LogP contribution in [0, 0.1) is 0 Å². The van der Waals surface area contributed by atoms with Gasteiger partial charge >= 0.3 is 6.09 Å². The number of piperidine rings is 1. The number of nitrogens with zero attached hydrogens (tertiary/aromatic N) is 3. The van der Waals surface area contributed by atoms with E-state index in [2.05, 4.69) is 10.1 Å². The Bertz CT molecular complexity index is 1080. The SMILES string of the molecule is O=C(O)N1CCCCC1(c1ccncc1)c1n[nH]c2c1-c1ccc(Cl)cc1CC2. The molecule has 1 aliphatic carbocycles. The van der Waals surface area contributed by atoms with E-state index in [1.54, 1.807) is 17.3 Å². The van der Waals surface area contributed by atoms with Crippen LogP contribution in [-0.2, 0) is 18.4 Å². The molecule has 2 aliphatic rings. The number of aromatic amines is 1. The quantitative estimate of drug-likeness (QED) is 0.647. The van der Waals surface area contributed by atoms with Crippen LogP contribution in [0.3, 0.4) is 0 Å². The summed E-state index contributed by atoms with van der Waals surface area (Å²) >= 11 is 6.24. The number of aromatic nitrogens is 3. The highest BCUT2D eigenvalue weighted by Gasteiger charge is 2.48. The molecule has 1 aromatic carbocycles. The van der Waals surface area contributed by atoms with Gasteiger partial charge < -0.3 is 5.11 Å². The first-order valence-electron chi connectivity index (χ1n) is 9.89. The zero-order valence-electron chi connectivity index (χ0n) is 15.9. The van der Waals surface area contributed by atoms with Crippen LogP contribution in [-0.4, -0.2) is 37.8 Å². The van der Waals surface area contributed by atoms with Gasteiger partial charge in [-0.05, 0) is 73.1 Å². The molecule has 1 amide bonds. The smallest absolute Gasteiger partial charge is 0.408 e. The largest absolute Gasteiger partial charge is 0.465 e. The Hall–Kier alpha value is -2.86. The summed E-state index contributed by atoms with van der Waals surface area (Å²) in [5, 5.41) is 18.8. The molecule has 3 aromatic rings. The van der Waals surface area contributed by atoms with Crippen molar-refractivity contribution in [3.63, 3.8) is 0 Å². The monoisotopic (exact) mass is 408 g/mol. The third-order valence-corrected chi connectivity index (χ3v) is 6.47. The molecule has 1 fully saturated rings. The van der Waals surface area contributed by atoms with Crippen molar-refractivity contribution >= 4 is 17.7 Å². The number of rotatable bonds is 2. The van der Waals surface area contributed by atoms with E-state index in [0.29, 0.717) is 18.0 Å². The summed E-state index contributed by atoms with van der Waals surface area (Å²) in [5.41, 5.74) is 5.19. The van der Waals surface area contributed by atoms with Crippen molar-refractivity contribution in [2.24, 2.45) is 0 Å². The number of carboxylic acid groups (broad SMARTS) is 1. The molecule has 1 aliphatic heterocycles. The number of hydrogen-bond acceptors (Lipinski definition) is 3. The zero-order valence-corrected chi connectivity index (χ0v) is 16.6. The van der Waals surface area contributed by atoms with Crippen LogP contribution in [0.25, 0.3) is 11.1 Å². The number of likely N-dealkylation sites (tertiary alicyclic amines) is 1. The van der Waals surface area contributed by atoms with Crippen LogP contribution < -0.4 is 0 Å². The molecule has 1 unspecified atom stereocenters. The third-order valence-electron chi connectivity index (χ3n) is 6.23. The molecule has 0 bridgehead atoms. The van der Waals surface area contributed by atoms with Crippen LogP contribution in [0.4, 0.5) is 4.79 Å². The van der Waals surface area contributed by atoms with Crippen molar-refractivity contribution in [1.82, 2.24) is 20.1 Å². The van der Waals surface area contributed by atoms with E-state index in [0.717, 1.165) is 53.8 Å². The topological polar surface area (TPSA) is 82.1 Å². The fourth-order valence-electron chi connectivity index (χ4n) is 4.97. The molecule has 2 N–H and O–H groups in total. The summed E-state index contributed by atoms with van der Waals surface area (Å²) < 4.78 is 0. The van der Waals surface area contributed by atoms with Crippen molar-refractivity contribution in [2.45, 2.75) is 37.6 Å². The fourth-order valence-corrected chi connectivity index (χ4v) is 5.16. The molecule has 3 heterocycles. The molecule has 2 aromatic heterocycles. The first-order valence-corrected chi connectivity index (χ1v) is 10.3. The number of carbonyl (C=O) groups is 1. The number of aryl methyl sites for hydroxylation is 2. The lowest BCUT2D eigenvalue weighted by atomic mass is 9.74. The number of nitrogens with one attached hydrogen (secondary N) is 1. The number of fused-ring (bicyclic) bond motifs is 3. The summed E-state index contributed by atoms with van der Waals surface area (Å²) in [7, 11) is 0. The average Bonchev–Trinajstić information content (AvgIpc) is 3.19. The predicted molar refractivity (Wildman–Crippen MR) is 110 cm³/mol. The minimum Gasteiger partial charge on any atom is -0.465 e. The molecule has 1 atom stereocenters. The van der Waals surface area contributed by atoms with Crippen LogP contribution >= 0.6 is 11.6 Å². The number of hydrogen-bond donors (Lipinski definition) is 2. The van der Waals surface area contributed by atoms with Gasteiger partial charge in [-0.1, -0.05) is 17.7 Å². The second-order valence-corrected chi connectivity index (χ2v) is 8.15. The lowest BCUT2D eigenvalue weighted by Gasteiger charge is -2.45. The molecule has 1 saturated heterocycles. The first kappa shape index (κ1) is 18.2. The number of halogens is 1. The molecular formula is C22H21ClN4O2. The predicted octanol–water partition coefficient (Wildman–Crippen LogP) is 4.63. The van der Waals surface area contributed by atoms with Crippen LogP contribution in [0.1, 0.15) is 41.8 Å². The van der Waals surface area contributed by atoms with Crippen molar-refractivity contribution in [2.75, 3.05) is 6.54 Å². The molecule has 29 heavy (non-hydrogen) atoms. The Kier molecular flexibility index (Phi) is 4.32. The van der Waals surface area contributed by atoms with Crippen molar-refractivity contribution < 1.29 is 9.90 Å². The molecule has 0 spiro atoms. The van der Waals surface area contributed by atoms with Crippen LogP contribution in [0.2, 0.25) is 5.02 Å². The van der Waals surface area contributed by atoms with E-state index in [-0.39, 0.29) is 0 Å². The molecule has 5 rings (SSSR count). The van der Waals surface area contributed by atoms with E-state index >= 15 is 0 Å². The highest BCUT2D eigenvalue weighted by Crippen LogP contribution is 2.48. The molecule has 0 saturated carbocycles. The van der Waals surface area contributed by atoms with Gasteiger partial charge in [-0.2, -0.15) is 5.10 Å². The summed E-state index contributed by atoms with van der Waals surface area (Å²) in [6, 6.07) is 9.75. The lowest BCUT2D eigenvalue weighted by molar-refractivity contribution is 0.0658. The maximum Gasteiger partial charge on any atom is 0.408 e. The van der Waals surface area contributed by atoms with Gasteiger partial charge in [-0.15, -0.1) is 0 Å². The van der Waals surface area contributed by atoms with Gasteiger partial charge in [-0.25, -0.2) is 4.79 Å². The van der Waals surface area contributed by atoms with Crippen molar-refractivity contribution in [3.05, 3.63) is 70.3 Å². The summed E-state index contributed by atoms with van der Waals surface area (Å²) in [4.78, 5) is 18.1. The molecule has 6 nitrogen and oxygen atoms in total. The van der Waals surface area contributed by atoms with E-state index in [9.17, 15) is 9.90 Å². The summed E-state index contributed by atoms with van der Waals surface area (Å²) in [6.07, 6.45) is 6.69. The number of H-pyrrole nitrogens is 1. The normalized spacial score (nSPS) is 20.8. The highest BCUT2D eigenvalue weighted by atomic mass is 35.5. The van der Waals surface area contributed by atoms with Crippen LogP contribution in [0.5, 0.6) is 0 Å². The fraction of sp³-hybridized carbons (Fsp3) is 0.318. The van der Waals surface area contributed by atoms with Crippen molar-refractivity contribution in [3.8, 4) is 11.1 Å². The van der Waals surface area contributed by atoms with Gasteiger partial charge in [0.2, 0.25) is 0 Å². The highest BCUT2D eigenvalue weighted by molar-refractivity contribution is 6.30. The Balaban J connectivity index is 1.79. The maximum absolute atomic E-state index is 12.4. The Labute approximate surface area is 173 Å². The molecule has 148 valence electrons. The van der Waals surface area contributed by atoms with Gasteiger partial charge in [0.05, 0.1) is 0 Å². The van der Waals surface area contributed by atoms with E-state index < -0.39 is 11.6 Å². The van der Waals surface area contributed by atoms with Gasteiger partial charge in [0.1, 0.15) is 11.2 Å². The summed E-state index contributed by atoms with van der Waals surface area (Å²) in [6.45, 7) is 0.479. The molecule has 0 radical (unpaired) electrons. The zero-order chi connectivity index (χ0) is 20.0. The third kappa shape index (κ3) is 2.74. The maximum atomic E-state index is 12.4. The summed E-state index contributed by atoms with van der Waals surface area (Å²) in [5.74, 6) is 0. The van der Waals surface area contributed by atoms with Gasteiger partial charge in [0.15, 0.2) is 0 Å². The van der Waals surface area contributed by atoms with E-state index in [1.165, 1.54) is 5.56 Å². The lowest BCUT2D eigenvalue weighted by Crippen LogP contribution is -2.53. The number of benzene rings is 1. The average molecular weight is 409 g/mol. The van der Waals surface area contributed by atoms with Gasteiger partial charge in [-0.3, -0.25) is 15.0 Å². The van der Waals surface area contributed by atoms with Crippen LogP contribution in [0.15, 0.2) is 42.7 Å². The van der Waals surface area contributed by atoms with E-state index in [4.69, 9.17) is 16.7 Å². The first-order chi connectivity index (χ1) is 14.1. The van der Waals surface area contributed by atoms with Gasteiger partial charge in [0, 0.05) is 35.2 Å². The Morgan fingerprint density at radius 3 is 2.79 bits per heavy atom. The van der Waals surface area contributed by atoms with Gasteiger partial charge in [0.25, 0.3) is 0 Å². The number of pyridine rings is 1. The van der Waals surface area contributed by atoms with E-state index in [1.807, 2.05) is 30.3 Å². The standard InChI is InChI=1S/C22H21ClN4O2/c23-16-4-5-17-14(13-16)3-6-18-19(17)20(26-25-18)22(15-7-10-24-11-8-15)9-1-2-12-27(22)21(28)29/h4-5,7-8,10-11,13H,1-3,6,9,12H2,(H,25,26)(H,28,29). The minimum atomic E-state index is -0.926. The second kappa shape index (κ2) is 6.88. The number of amides is 1. The second-order valence-electron chi connectivity index (χ2n) is 7.71. The Morgan fingerprint density at radius 1 is 1.17 bits per heavy atom. The molecular weight excluding hydrogens is 388 g/mol. The Morgan fingerprint density at radius 2 is 2.00 bits per heavy atom. The van der Waals surface area contributed by atoms with Crippen molar-refractivity contribution in [1.29, 1.82) is 0 Å². The molecule has 7 heteroatoms. The minimum absolute atomic E-state index is 0.479.